The van der Waals surface area contributed by atoms with E-state index in [0.717, 1.165) is 0 Å². The molecule has 0 fully saturated rings. The number of fused-ring (bicyclic) bond motifs is 3. The zero-order valence-corrected chi connectivity index (χ0v) is 20.8. The van der Waals surface area contributed by atoms with Crippen LogP contribution in [0.4, 0.5) is 5.69 Å². The maximum Gasteiger partial charge on any atom is 0.242 e. The highest BCUT2D eigenvalue weighted by Gasteiger charge is 2.41. The predicted octanol–water partition coefficient (Wildman–Crippen LogP) is 5.81. The highest BCUT2D eigenvalue weighted by atomic mass is 15.1. The van der Waals surface area contributed by atoms with Crippen molar-refractivity contribution >= 4 is 61.1 Å². The minimum Gasteiger partial charge on any atom is -0.377 e. The standard InChI is InChI=1S/C33H28BN/c1-33(2)26-12-8-9-13-28(26)34(23-10-6-5-7-11-23)32-25-18-14-21-16-19-29(35(3)4)24-17-15-22(20-27(32)33)31(25)30(21)24/h5-20H,1-4H3. The van der Waals surface area contributed by atoms with Gasteiger partial charge in [-0.05, 0) is 44.1 Å². The summed E-state index contributed by atoms with van der Waals surface area (Å²) in [4.78, 5) is 2.23. The molecule has 0 unspecified atom stereocenters. The Hall–Kier alpha value is -3.78. The van der Waals surface area contributed by atoms with Crippen LogP contribution in [-0.4, -0.2) is 20.8 Å². The van der Waals surface area contributed by atoms with Crippen molar-refractivity contribution < 1.29 is 0 Å². The maximum atomic E-state index is 2.49. The first-order valence-electron chi connectivity index (χ1n) is 12.5. The van der Waals surface area contributed by atoms with Crippen LogP contribution in [-0.2, 0) is 5.41 Å². The molecule has 0 atom stereocenters. The molecule has 0 radical (unpaired) electrons. The molecule has 0 spiro atoms. The predicted molar refractivity (Wildman–Crippen MR) is 154 cm³/mol. The first-order chi connectivity index (χ1) is 17.0. The van der Waals surface area contributed by atoms with E-state index in [0.29, 0.717) is 0 Å². The molecule has 0 saturated heterocycles. The van der Waals surface area contributed by atoms with Crippen molar-refractivity contribution in [1.29, 1.82) is 0 Å². The van der Waals surface area contributed by atoms with E-state index >= 15 is 0 Å². The summed E-state index contributed by atoms with van der Waals surface area (Å²) < 4.78 is 0. The van der Waals surface area contributed by atoms with E-state index in [1.807, 2.05) is 0 Å². The highest BCUT2D eigenvalue weighted by molar-refractivity contribution is 6.98. The molecular formula is C33H28BN. The van der Waals surface area contributed by atoms with Gasteiger partial charge in [0.25, 0.3) is 0 Å². The van der Waals surface area contributed by atoms with Gasteiger partial charge in [-0.15, -0.1) is 0 Å². The molecule has 1 aliphatic heterocycles. The Morgan fingerprint density at radius 1 is 0.629 bits per heavy atom. The Kier molecular flexibility index (Phi) is 4.19. The molecule has 0 N–H and O–H groups in total. The summed E-state index contributed by atoms with van der Waals surface area (Å²) in [6, 6.07) is 36.6. The van der Waals surface area contributed by atoms with E-state index < -0.39 is 0 Å². The fraction of sp³-hybridized carbons (Fsp3) is 0.152. The molecule has 168 valence electrons. The molecule has 7 rings (SSSR count). The first-order valence-corrected chi connectivity index (χ1v) is 12.5. The van der Waals surface area contributed by atoms with Gasteiger partial charge < -0.3 is 4.90 Å². The van der Waals surface area contributed by atoms with Gasteiger partial charge in [0.05, 0.1) is 0 Å². The Morgan fingerprint density at radius 2 is 1.29 bits per heavy atom. The molecule has 35 heavy (non-hydrogen) atoms. The number of nitrogens with zero attached hydrogens (tertiary/aromatic N) is 1. The van der Waals surface area contributed by atoms with E-state index in [1.165, 1.54) is 65.5 Å². The second-order valence-electron chi connectivity index (χ2n) is 10.8. The summed E-state index contributed by atoms with van der Waals surface area (Å²) in [7, 11) is 4.28. The number of benzene rings is 6. The van der Waals surface area contributed by atoms with Gasteiger partial charge in [0.15, 0.2) is 0 Å². The van der Waals surface area contributed by atoms with Crippen LogP contribution in [0, 0.1) is 0 Å². The minimum absolute atomic E-state index is 0.0730. The fourth-order valence-corrected chi connectivity index (χ4v) is 6.71. The van der Waals surface area contributed by atoms with E-state index in [4.69, 9.17) is 0 Å². The molecule has 0 saturated carbocycles. The molecular weight excluding hydrogens is 421 g/mol. The van der Waals surface area contributed by atoms with Crippen molar-refractivity contribution in [2.45, 2.75) is 19.3 Å². The van der Waals surface area contributed by atoms with Gasteiger partial charge in [-0.25, -0.2) is 0 Å². The van der Waals surface area contributed by atoms with Crippen LogP contribution < -0.4 is 21.3 Å². The van der Waals surface area contributed by atoms with Crippen LogP contribution in [0.2, 0.25) is 0 Å². The van der Waals surface area contributed by atoms with Gasteiger partial charge in [-0.2, -0.15) is 0 Å². The van der Waals surface area contributed by atoms with Crippen molar-refractivity contribution in [3.63, 3.8) is 0 Å². The lowest BCUT2D eigenvalue weighted by atomic mass is 9.31. The zero-order chi connectivity index (χ0) is 23.9. The Labute approximate surface area is 207 Å². The number of hydrogen-bond donors (Lipinski definition) is 0. The summed E-state index contributed by atoms with van der Waals surface area (Å²) in [5.74, 6) is 0. The Bertz CT molecular complexity index is 1750. The third kappa shape index (κ3) is 2.71. The summed E-state index contributed by atoms with van der Waals surface area (Å²) in [6.45, 7) is 5.01. The van der Waals surface area contributed by atoms with Gasteiger partial charge in [0.1, 0.15) is 0 Å². The number of hydrogen-bond acceptors (Lipinski definition) is 1. The van der Waals surface area contributed by atoms with Crippen LogP contribution in [0.1, 0.15) is 25.0 Å². The second-order valence-corrected chi connectivity index (χ2v) is 10.8. The average Bonchev–Trinajstić information content (AvgIpc) is 2.88. The molecule has 1 heterocycles. The number of anilines is 1. The third-order valence-corrected chi connectivity index (χ3v) is 8.32. The first kappa shape index (κ1) is 20.6. The van der Waals surface area contributed by atoms with Crippen LogP contribution >= 0.6 is 0 Å². The summed E-state index contributed by atoms with van der Waals surface area (Å²) in [6.07, 6.45) is 0. The summed E-state index contributed by atoms with van der Waals surface area (Å²) in [5, 5.41) is 8.17. The van der Waals surface area contributed by atoms with Crippen molar-refractivity contribution in [3.8, 4) is 0 Å². The Balaban J connectivity index is 1.69. The topological polar surface area (TPSA) is 3.24 Å². The van der Waals surface area contributed by atoms with Crippen molar-refractivity contribution in [3.05, 3.63) is 108 Å². The van der Waals surface area contributed by atoms with E-state index in [9.17, 15) is 0 Å². The van der Waals surface area contributed by atoms with Crippen LogP contribution in [0.25, 0.3) is 32.3 Å². The van der Waals surface area contributed by atoms with E-state index in [1.54, 1.807) is 0 Å². The summed E-state index contributed by atoms with van der Waals surface area (Å²) >= 11 is 0. The smallest absolute Gasteiger partial charge is 0.242 e. The van der Waals surface area contributed by atoms with Gasteiger partial charge >= 0.3 is 0 Å². The Morgan fingerprint density at radius 3 is 2.09 bits per heavy atom. The van der Waals surface area contributed by atoms with Crippen LogP contribution in [0.5, 0.6) is 0 Å². The number of rotatable bonds is 2. The SMILES string of the molecule is CN(C)c1ccc2ccc3c4c(cc5ccc1c2c53)C(C)(C)c1ccccc1B4c1ccccc1. The molecule has 1 nitrogen and oxygen atoms in total. The van der Waals surface area contributed by atoms with Crippen molar-refractivity contribution in [1.82, 2.24) is 0 Å². The minimum atomic E-state index is -0.0730. The van der Waals surface area contributed by atoms with Crippen molar-refractivity contribution in [2.24, 2.45) is 0 Å². The van der Waals surface area contributed by atoms with Gasteiger partial charge in [-0.3, -0.25) is 0 Å². The average molecular weight is 449 g/mol. The lowest BCUT2D eigenvalue weighted by Crippen LogP contribution is -2.60. The second kappa shape index (κ2) is 7.12. The molecule has 6 aromatic rings. The molecule has 0 aromatic heterocycles. The van der Waals surface area contributed by atoms with E-state index in [2.05, 4.69) is 130 Å². The molecule has 1 aliphatic rings. The molecule has 6 aromatic carbocycles. The molecule has 0 amide bonds. The fourth-order valence-electron chi connectivity index (χ4n) is 6.71. The monoisotopic (exact) mass is 449 g/mol. The molecule has 2 heteroatoms. The van der Waals surface area contributed by atoms with Crippen molar-refractivity contribution in [2.75, 3.05) is 19.0 Å². The largest absolute Gasteiger partial charge is 0.377 e. The lowest BCUT2D eigenvalue weighted by molar-refractivity contribution is 0.647. The molecule has 0 bridgehead atoms. The van der Waals surface area contributed by atoms with Gasteiger partial charge in [0, 0.05) is 30.6 Å². The van der Waals surface area contributed by atoms with Crippen LogP contribution in [0.15, 0.2) is 97.1 Å². The maximum absolute atomic E-state index is 2.49. The molecule has 0 aliphatic carbocycles. The zero-order valence-electron chi connectivity index (χ0n) is 20.8. The highest BCUT2D eigenvalue weighted by Crippen LogP contribution is 2.42. The third-order valence-electron chi connectivity index (χ3n) is 8.32. The van der Waals surface area contributed by atoms with E-state index in [-0.39, 0.29) is 12.1 Å². The van der Waals surface area contributed by atoms with Gasteiger partial charge in [0.2, 0.25) is 6.71 Å². The summed E-state index contributed by atoms with van der Waals surface area (Å²) in [5.41, 5.74) is 8.34. The quantitative estimate of drug-likeness (QED) is 0.238. The lowest BCUT2D eigenvalue weighted by Gasteiger charge is -2.40. The van der Waals surface area contributed by atoms with Crippen LogP contribution in [0.3, 0.4) is 0 Å². The van der Waals surface area contributed by atoms with Gasteiger partial charge in [-0.1, -0.05) is 121 Å². The normalized spacial score (nSPS) is 14.5.